The quantitative estimate of drug-likeness (QED) is 0.188. The smallest absolute Gasteiger partial charge is 0.164 e. The van der Waals surface area contributed by atoms with Crippen LogP contribution < -0.4 is 0 Å². The van der Waals surface area contributed by atoms with E-state index in [0.717, 1.165) is 39.1 Å². The molecule has 3 aromatic heterocycles. The fraction of sp³-hybridized carbons (Fsp3) is 0. The second kappa shape index (κ2) is 11.4. The number of nitrogens with zero attached hydrogens (tertiary/aromatic N) is 5. The van der Waals surface area contributed by atoms with Gasteiger partial charge in [-0.2, -0.15) is 0 Å². The van der Waals surface area contributed by atoms with Gasteiger partial charge >= 0.3 is 0 Å². The van der Waals surface area contributed by atoms with E-state index in [4.69, 9.17) is 15.0 Å². The fourth-order valence-corrected chi connectivity index (χ4v) is 7.30. The van der Waals surface area contributed by atoms with Crippen molar-refractivity contribution >= 4 is 43.6 Å². The van der Waals surface area contributed by atoms with Crippen molar-refractivity contribution in [1.82, 2.24) is 24.1 Å². The average molecular weight is 640 g/mol. The first kappa shape index (κ1) is 28.2. The van der Waals surface area contributed by atoms with E-state index < -0.39 is 0 Å². The minimum atomic E-state index is 0.631. The predicted octanol–water partition coefficient (Wildman–Crippen LogP) is 11.1. The van der Waals surface area contributed by atoms with E-state index in [-0.39, 0.29) is 0 Å². The lowest BCUT2D eigenvalue weighted by atomic mass is 10.1. The molecule has 0 aliphatic carbocycles. The molecule has 0 fully saturated rings. The topological polar surface area (TPSA) is 48.5 Å². The molecule has 0 atom stereocenters. The summed E-state index contributed by atoms with van der Waals surface area (Å²) in [6.07, 6.45) is 0. The molecule has 0 bridgehead atoms. The molecule has 0 amide bonds. The Labute approximate surface area is 288 Å². The van der Waals surface area contributed by atoms with E-state index in [9.17, 15) is 0 Å². The summed E-state index contributed by atoms with van der Waals surface area (Å²) in [7, 11) is 0. The zero-order valence-corrected chi connectivity index (χ0v) is 27.0. The van der Waals surface area contributed by atoms with Gasteiger partial charge < -0.3 is 9.13 Å². The lowest BCUT2D eigenvalue weighted by Crippen LogP contribution is -2.01. The summed E-state index contributed by atoms with van der Waals surface area (Å²) >= 11 is 0. The van der Waals surface area contributed by atoms with Gasteiger partial charge in [0.15, 0.2) is 17.5 Å². The molecule has 234 valence electrons. The second-order valence-electron chi connectivity index (χ2n) is 12.5. The maximum Gasteiger partial charge on any atom is 0.164 e. The van der Waals surface area contributed by atoms with Crippen LogP contribution in [0.1, 0.15) is 0 Å². The van der Waals surface area contributed by atoms with Crippen molar-refractivity contribution in [2.24, 2.45) is 0 Å². The van der Waals surface area contributed by atoms with Crippen LogP contribution in [0.4, 0.5) is 0 Å². The molecule has 0 unspecified atom stereocenters. The molecule has 10 aromatic rings. The van der Waals surface area contributed by atoms with E-state index in [1.54, 1.807) is 0 Å². The Morgan fingerprint density at radius 3 is 1.22 bits per heavy atom. The number of hydrogen-bond donors (Lipinski definition) is 0. The molecule has 10 rings (SSSR count). The van der Waals surface area contributed by atoms with Gasteiger partial charge in [0, 0.05) is 49.6 Å². The van der Waals surface area contributed by atoms with Crippen LogP contribution in [-0.2, 0) is 0 Å². The van der Waals surface area contributed by atoms with Crippen LogP contribution in [0.3, 0.4) is 0 Å². The standard InChI is InChI=1S/C45H29N5/c1-3-14-30(15-4-1)43-46-44(31-16-5-2-6-17-31)48-45(47-43)32-18-13-19-33(28-32)50-41-25-12-9-22-37(41)38-27-26-34(29-42(38)50)49-39-23-10-7-20-35(39)36-21-8-11-24-40(36)49/h1-29H. The van der Waals surface area contributed by atoms with E-state index in [0.29, 0.717) is 17.5 Å². The van der Waals surface area contributed by atoms with Gasteiger partial charge in [-0.25, -0.2) is 15.0 Å². The monoisotopic (exact) mass is 639 g/mol. The Kier molecular flexibility index (Phi) is 6.42. The molecule has 5 nitrogen and oxygen atoms in total. The summed E-state index contributed by atoms with van der Waals surface area (Å²) in [5.74, 6) is 1.92. The highest BCUT2D eigenvalue weighted by Crippen LogP contribution is 2.37. The van der Waals surface area contributed by atoms with Crippen LogP contribution in [0.15, 0.2) is 176 Å². The first-order chi connectivity index (χ1) is 24.8. The first-order valence-electron chi connectivity index (χ1n) is 16.8. The van der Waals surface area contributed by atoms with Crippen molar-refractivity contribution in [3.63, 3.8) is 0 Å². The number of hydrogen-bond acceptors (Lipinski definition) is 3. The predicted molar refractivity (Wildman–Crippen MR) is 205 cm³/mol. The zero-order chi connectivity index (χ0) is 33.0. The van der Waals surface area contributed by atoms with Crippen molar-refractivity contribution in [3.05, 3.63) is 176 Å². The molecule has 50 heavy (non-hydrogen) atoms. The Morgan fingerprint density at radius 2 is 0.680 bits per heavy atom. The average Bonchev–Trinajstić information content (AvgIpc) is 3.71. The van der Waals surface area contributed by atoms with Crippen LogP contribution in [0.5, 0.6) is 0 Å². The van der Waals surface area contributed by atoms with Crippen LogP contribution in [0.25, 0.3) is 89.2 Å². The molecule has 7 aromatic carbocycles. The minimum Gasteiger partial charge on any atom is -0.309 e. The van der Waals surface area contributed by atoms with Gasteiger partial charge in [0.2, 0.25) is 0 Å². The van der Waals surface area contributed by atoms with Crippen molar-refractivity contribution in [1.29, 1.82) is 0 Å². The number of para-hydroxylation sites is 3. The first-order valence-corrected chi connectivity index (χ1v) is 16.8. The van der Waals surface area contributed by atoms with E-state index in [1.165, 1.54) is 32.6 Å². The number of rotatable bonds is 5. The van der Waals surface area contributed by atoms with Crippen LogP contribution >= 0.6 is 0 Å². The molecule has 0 saturated heterocycles. The Morgan fingerprint density at radius 1 is 0.280 bits per heavy atom. The summed E-state index contributed by atoms with van der Waals surface area (Å²) in [5.41, 5.74) is 9.63. The van der Waals surface area contributed by atoms with Crippen molar-refractivity contribution in [2.75, 3.05) is 0 Å². The van der Waals surface area contributed by atoms with Gasteiger partial charge in [0.05, 0.1) is 22.1 Å². The third-order valence-electron chi connectivity index (χ3n) is 9.56. The van der Waals surface area contributed by atoms with Crippen molar-refractivity contribution < 1.29 is 0 Å². The fourth-order valence-electron chi connectivity index (χ4n) is 7.30. The Hall–Kier alpha value is -6.85. The third kappa shape index (κ3) is 4.52. The molecule has 3 heterocycles. The number of aromatic nitrogens is 5. The lowest BCUT2D eigenvalue weighted by molar-refractivity contribution is 1.07. The molecule has 0 aliphatic rings. The maximum atomic E-state index is 5.02. The van der Waals surface area contributed by atoms with Gasteiger partial charge in [0.1, 0.15) is 0 Å². The maximum absolute atomic E-state index is 5.02. The highest BCUT2D eigenvalue weighted by atomic mass is 15.0. The van der Waals surface area contributed by atoms with Gasteiger partial charge in [-0.05, 0) is 42.5 Å². The lowest BCUT2D eigenvalue weighted by Gasteiger charge is -2.13. The molecule has 0 radical (unpaired) electrons. The third-order valence-corrected chi connectivity index (χ3v) is 9.56. The van der Waals surface area contributed by atoms with E-state index in [2.05, 4.69) is 124 Å². The van der Waals surface area contributed by atoms with Crippen LogP contribution in [-0.4, -0.2) is 24.1 Å². The highest BCUT2D eigenvalue weighted by molar-refractivity contribution is 6.12. The molecular formula is C45H29N5. The minimum absolute atomic E-state index is 0.631. The molecule has 0 aliphatic heterocycles. The molecule has 0 N–H and O–H groups in total. The van der Waals surface area contributed by atoms with Gasteiger partial charge in [-0.1, -0.05) is 133 Å². The van der Waals surface area contributed by atoms with Crippen LogP contribution in [0, 0.1) is 0 Å². The van der Waals surface area contributed by atoms with Gasteiger partial charge in [-0.15, -0.1) is 0 Å². The van der Waals surface area contributed by atoms with Gasteiger partial charge in [-0.3, -0.25) is 0 Å². The summed E-state index contributed by atoms with van der Waals surface area (Å²) in [6, 6.07) is 61.5. The largest absolute Gasteiger partial charge is 0.309 e. The molecular weight excluding hydrogens is 611 g/mol. The molecule has 0 saturated carbocycles. The van der Waals surface area contributed by atoms with E-state index >= 15 is 0 Å². The number of fused-ring (bicyclic) bond motifs is 6. The van der Waals surface area contributed by atoms with Crippen LogP contribution in [0.2, 0.25) is 0 Å². The van der Waals surface area contributed by atoms with Crippen molar-refractivity contribution in [2.45, 2.75) is 0 Å². The normalized spacial score (nSPS) is 11.6. The molecule has 5 heteroatoms. The summed E-state index contributed by atoms with van der Waals surface area (Å²) in [6.45, 7) is 0. The summed E-state index contributed by atoms with van der Waals surface area (Å²) < 4.78 is 4.74. The van der Waals surface area contributed by atoms with Gasteiger partial charge in [0.25, 0.3) is 0 Å². The second-order valence-corrected chi connectivity index (χ2v) is 12.5. The summed E-state index contributed by atoms with van der Waals surface area (Å²) in [5, 5.41) is 4.91. The molecule has 0 spiro atoms. The Balaban J connectivity index is 1.19. The van der Waals surface area contributed by atoms with Crippen molar-refractivity contribution in [3.8, 4) is 45.5 Å². The highest BCUT2D eigenvalue weighted by Gasteiger charge is 2.18. The zero-order valence-electron chi connectivity index (χ0n) is 27.0. The number of benzene rings is 7. The Bertz CT molecular complexity index is 2760. The summed E-state index contributed by atoms with van der Waals surface area (Å²) in [4.78, 5) is 14.9. The SMILES string of the molecule is c1ccc(-c2nc(-c3ccccc3)nc(-c3cccc(-n4c5ccccc5c5ccc(-n6c7ccccc7c7ccccc76)cc54)c3)n2)cc1. The van der Waals surface area contributed by atoms with E-state index in [1.807, 2.05) is 60.7 Å².